The van der Waals surface area contributed by atoms with Crippen LogP contribution in [-0.4, -0.2) is 20.6 Å². The highest BCUT2D eigenvalue weighted by molar-refractivity contribution is 7.98. The van der Waals surface area contributed by atoms with Crippen molar-refractivity contribution in [2.45, 2.75) is 16.3 Å². The first-order valence-corrected chi connectivity index (χ1v) is 9.21. The highest BCUT2D eigenvalue weighted by Crippen LogP contribution is 2.16. The Bertz CT molecular complexity index is 772. The monoisotopic (exact) mass is 336 g/mol. The van der Waals surface area contributed by atoms with E-state index in [9.17, 15) is 13.2 Å². The summed E-state index contributed by atoms with van der Waals surface area (Å²) in [6.07, 6.45) is 1.99. The number of carbonyl (C=O) groups is 1. The average molecular weight is 336 g/mol. The maximum absolute atomic E-state index is 12.0. The van der Waals surface area contributed by atoms with Gasteiger partial charge >= 0.3 is 0 Å². The Labute approximate surface area is 134 Å². The molecule has 0 fully saturated rings. The van der Waals surface area contributed by atoms with E-state index in [1.54, 1.807) is 11.8 Å². The van der Waals surface area contributed by atoms with E-state index >= 15 is 0 Å². The topological polar surface area (TPSA) is 89.3 Å². The third kappa shape index (κ3) is 4.33. The summed E-state index contributed by atoms with van der Waals surface area (Å²) in [5.74, 6) is -0.268. The first-order chi connectivity index (χ1) is 10.4. The van der Waals surface area contributed by atoms with Crippen molar-refractivity contribution in [1.82, 2.24) is 5.32 Å². The second-order valence-electron chi connectivity index (χ2n) is 4.60. The molecule has 0 aliphatic carbocycles. The Hall–Kier alpha value is -1.83. The number of primary sulfonamides is 1. The second kappa shape index (κ2) is 6.95. The summed E-state index contributed by atoms with van der Waals surface area (Å²) in [6, 6.07) is 13.4. The SMILES string of the molecule is CSc1cccc(CNC(=O)c2ccc(S(N)(=O)=O)cc2)c1. The average Bonchev–Trinajstić information content (AvgIpc) is 2.52. The first-order valence-electron chi connectivity index (χ1n) is 6.44. The molecule has 0 heterocycles. The van der Waals surface area contributed by atoms with Crippen molar-refractivity contribution < 1.29 is 13.2 Å². The van der Waals surface area contributed by atoms with E-state index in [4.69, 9.17) is 5.14 Å². The zero-order chi connectivity index (χ0) is 16.2. The third-order valence-corrected chi connectivity index (χ3v) is 4.69. The van der Waals surface area contributed by atoms with Gasteiger partial charge in [0.25, 0.3) is 5.91 Å². The largest absolute Gasteiger partial charge is 0.348 e. The lowest BCUT2D eigenvalue weighted by molar-refractivity contribution is 0.0951. The van der Waals surface area contributed by atoms with Gasteiger partial charge in [0.15, 0.2) is 0 Å². The zero-order valence-electron chi connectivity index (χ0n) is 11.9. The van der Waals surface area contributed by atoms with E-state index < -0.39 is 10.0 Å². The highest BCUT2D eigenvalue weighted by Gasteiger charge is 2.10. The van der Waals surface area contributed by atoms with E-state index in [2.05, 4.69) is 5.32 Å². The number of hydrogen-bond donors (Lipinski definition) is 2. The zero-order valence-corrected chi connectivity index (χ0v) is 13.6. The van der Waals surface area contributed by atoms with Crippen molar-refractivity contribution in [3.63, 3.8) is 0 Å². The molecule has 0 bridgehead atoms. The minimum atomic E-state index is -3.74. The van der Waals surface area contributed by atoms with Crippen LogP contribution in [0.15, 0.2) is 58.3 Å². The molecule has 2 aromatic rings. The van der Waals surface area contributed by atoms with Crippen molar-refractivity contribution >= 4 is 27.7 Å². The predicted octanol–water partition coefficient (Wildman–Crippen LogP) is 1.99. The lowest BCUT2D eigenvalue weighted by atomic mass is 10.2. The van der Waals surface area contributed by atoms with Crippen LogP contribution >= 0.6 is 11.8 Å². The number of thioether (sulfide) groups is 1. The van der Waals surface area contributed by atoms with Crippen LogP contribution in [0.25, 0.3) is 0 Å². The van der Waals surface area contributed by atoms with Crippen LogP contribution in [0.1, 0.15) is 15.9 Å². The molecule has 116 valence electrons. The summed E-state index contributed by atoms with van der Waals surface area (Å²) >= 11 is 1.64. The minimum absolute atomic E-state index is 0.0169. The number of nitrogens with one attached hydrogen (secondary N) is 1. The molecule has 5 nitrogen and oxygen atoms in total. The molecule has 0 saturated heterocycles. The Balaban J connectivity index is 2.03. The van der Waals surface area contributed by atoms with Gasteiger partial charge in [0, 0.05) is 17.0 Å². The van der Waals surface area contributed by atoms with Crippen molar-refractivity contribution in [3.05, 3.63) is 59.7 Å². The summed E-state index contributed by atoms with van der Waals surface area (Å²) in [5.41, 5.74) is 1.38. The Morgan fingerprint density at radius 1 is 1.18 bits per heavy atom. The molecule has 3 N–H and O–H groups in total. The molecule has 22 heavy (non-hydrogen) atoms. The minimum Gasteiger partial charge on any atom is -0.348 e. The number of benzene rings is 2. The third-order valence-electron chi connectivity index (χ3n) is 3.03. The van der Waals surface area contributed by atoms with Crippen molar-refractivity contribution in [2.24, 2.45) is 5.14 Å². The van der Waals surface area contributed by atoms with Gasteiger partial charge in [0.2, 0.25) is 10.0 Å². The second-order valence-corrected chi connectivity index (χ2v) is 7.04. The van der Waals surface area contributed by atoms with Crippen LogP contribution in [-0.2, 0) is 16.6 Å². The Morgan fingerprint density at radius 3 is 2.45 bits per heavy atom. The predicted molar refractivity (Wildman–Crippen MR) is 87.2 cm³/mol. The quantitative estimate of drug-likeness (QED) is 0.817. The van der Waals surface area contributed by atoms with Crippen molar-refractivity contribution in [2.75, 3.05) is 6.26 Å². The summed E-state index contributed by atoms with van der Waals surface area (Å²) in [5, 5.41) is 7.81. The number of carbonyl (C=O) groups excluding carboxylic acids is 1. The summed E-state index contributed by atoms with van der Waals surface area (Å²) < 4.78 is 22.3. The molecular formula is C15H16N2O3S2. The van der Waals surface area contributed by atoms with Crippen molar-refractivity contribution in [1.29, 1.82) is 0 Å². The fraction of sp³-hybridized carbons (Fsp3) is 0.133. The maximum atomic E-state index is 12.0. The van der Waals surface area contributed by atoms with Crippen LogP contribution in [0.3, 0.4) is 0 Å². The molecule has 0 spiro atoms. The molecule has 0 aromatic heterocycles. The maximum Gasteiger partial charge on any atom is 0.251 e. The van der Waals surface area contributed by atoms with Crippen LogP contribution in [0.5, 0.6) is 0 Å². The smallest absolute Gasteiger partial charge is 0.251 e. The molecule has 0 atom stereocenters. The van der Waals surface area contributed by atoms with E-state index in [-0.39, 0.29) is 10.8 Å². The standard InChI is InChI=1S/C15H16N2O3S2/c1-21-13-4-2-3-11(9-13)10-17-15(18)12-5-7-14(8-6-12)22(16,19)20/h2-9H,10H2,1H3,(H,17,18)(H2,16,19,20). The Morgan fingerprint density at radius 2 is 1.86 bits per heavy atom. The molecule has 1 amide bonds. The fourth-order valence-electron chi connectivity index (χ4n) is 1.86. The molecular weight excluding hydrogens is 320 g/mol. The molecule has 0 aliphatic heterocycles. The number of sulfonamides is 1. The molecule has 0 radical (unpaired) electrons. The summed E-state index contributed by atoms with van der Waals surface area (Å²) in [7, 11) is -3.74. The summed E-state index contributed by atoms with van der Waals surface area (Å²) in [6.45, 7) is 0.407. The molecule has 0 aliphatic rings. The van der Waals surface area contributed by atoms with Gasteiger partial charge in [-0.2, -0.15) is 0 Å². The number of amides is 1. The van der Waals surface area contributed by atoms with Gasteiger partial charge < -0.3 is 5.32 Å². The molecule has 0 unspecified atom stereocenters. The van der Waals surface area contributed by atoms with Gasteiger partial charge in [0.05, 0.1) is 4.90 Å². The van der Waals surface area contributed by atoms with Crippen LogP contribution < -0.4 is 10.5 Å². The van der Waals surface area contributed by atoms with E-state index in [0.29, 0.717) is 12.1 Å². The number of rotatable bonds is 5. The van der Waals surface area contributed by atoms with Gasteiger partial charge in [-0.1, -0.05) is 12.1 Å². The summed E-state index contributed by atoms with van der Waals surface area (Å²) in [4.78, 5) is 13.1. The van der Waals surface area contributed by atoms with E-state index in [1.165, 1.54) is 24.3 Å². The van der Waals surface area contributed by atoms with Gasteiger partial charge in [-0.15, -0.1) is 11.8 Å². The van der Waals surface area contributed by atoms with Crippen molar-refractivity contribution in [3.8, 4) is 0 Å². The van der Waals surface area contributed by atoms with Crippen LogP contribution in [0.4, 0.5) is 0 Å². The number of nitrogens with two attached hydrogens (primary N) is 1. The van der Waals surface area contributed by atoms with E-state index in [0.717, 1.165) is 10.5 Å². The van der Waals surface area contributed by atoms with Crippen LogP contribution in [0, 0.1) is 0 Å². The van der Waals surface area contributed by atoms with Gasteiger partial charge in [0.1, 0.15) is 0 Å². The Kier molecular flexibility index (Phi) is 5.23. The molecule has 0 saturated carbocycles. The van der Waals surface area contributed by atoms with E-state index in [1.807, 2.05) is 30.5 Å². The number of hydrogen-bond acceptors (Lipinski definition) is 4. The van der Waals surface area contributed by atoms with Gasteiger partial charge in [-0.3, -0.25) is 4.79 Å². The van der Waals surface area contributed by atoms with Gasteiger partial charge in [-0.25, -0.2) is 13.6 Å². The highest BCUT2D eigenvalue weighted by atomic mass is 32.2. The normalized spacial score (nSPS) is 11.2. The molecule has 7 heteroatoms. The lowest BCUT2D eigenvalue weighted by Crippen LogP contribution is -2.23. The van der Waals surface area contributed by atoms with Crippen LogP contribution in [0.2, 0.25) is 0 Å². The van der Waals surface area contributed by atoms with Gasteiger partial charge in [-0.05, 0) is 48.2 Å². The molecule has 2 rings (SSSR count). The molecule has 2 aromatic carbocycles. The fourth-order valence-corrected chi connectivity index (χ4v) is 2.86. The lowest BCUT2D eigenvalue weighted by Gasteiger charge is -2.07. The first kappa shape index (κ1) is 16.5.